The van der Waals surface area contributed by atoms with Gasteiger partial charge < -0.3 is 5.73 Å². The van der Waals surface area contributed by atoms with Crippen molar-refractivity contribution in [3.8, 4) is 0 Å². The molecule has 2 heterocycles. The van der Waals surface area contributed by atoms with Gasteiger partial charge in [0.1, 0.15) is 4.90 Å². The molecule has 3 rings (SSSR count). The van der Waals surface area contributed by atoms with Gasteiger partial charge in [0.15, 0.2) is 0 Å². The molecule has 0 spiro atoms. The molecular weight excluding hydrogens is 391 g/mol. The van der Waals surface area contributed by atoms with E-state index in [1.165, 1.54) is 12.4 Å². The molecule has 0 amide bonds. The lowest BCUT2D eigenvalue weighted by Gasteiger charge is -2.12. The van der Waals surface area contributed by atoms with E-state index in [2.05, 4.69) is 4.98 Å². The normalized spacial score (nSPS) is 12.7. The molecule has 0 bridgehead atoms. The Morgan fingerprint density at radius 1 is 1.23 bits per heavy atom. The molecule has 0 aliphatic rings. The van der Waals surface area contributed by atoms with Crippen molar-refractivity contribution in [1.29, 1.82) is 0 Å². The van der Waals surface area contributed by atoms with Crippen LogP contribution in [0, 0.1) is 0 Å². The van der Waals surface area contributed by atoms with Gasteiger partial charge in [0.2, 0.25) is 0 Å². The lowest BCUT2D eigenvalue weighted by atomic mass is 10.2. The van der Waals surface area contributed by atoms with Crippen molar-refractivity contribution in [2.75, 3.05) is 6.54 Å². The largest absolute Gasteiger partial charge is 0.416 e. The molecule has 0 aliphatic heterocycles. The van der Waals surface area contributed by atoms with E-state index in [1.807, 2.05) is 0 Å². The Morgan fingerprint density at radius 2 is 1.96 bits per heavy atom. The SMILES string of the molecule is NCCc1cn(S(=O)(=O)c2ccc(C(F)(F)F)cc2Cl)c2cccnc12. The molecule has 26 heavy (non-hydrogen) atoms. The highest BCUT2D eigenvalue weighted by molar-refractivity contribution is 7.90. The molecule has 2 aromatic heterocycles. The van der Waals surface area contributed by atoms with Crippen molar-refractivity contribution in [2.24, 2.45) is 5.73 Å². The zero-order valence-electron chi connectivity index (χ0n) is 13.2. The van der Waals surface area contributed by atoms with Crippen LogP contribution in [0.2, 0.25) is 5.02 Å². The first-order chi connectivity index (χ1) is 12.2. The fraction of sp³-hybridized carbons (Fsp3) is 0.188. The van der Waals surface area contributed by atoms with Gasteiger partial charge in [-0.3, -0.25) is 4.98 Å². The Morgan fingerprint density at radius 3 is 2.58 bits per heavy atom. The smallest absolute Gasteiger partial charge is 0.330 e. The van der Waals surface area contributed by atoms with Gasteiger partial charge in [-0.1, -0.05) is 11.6 Å². The standard InChI is InChI=1S/C16H13ClF3N3O2S/c17-12-8-11(16(18,19)20)3-4-14(12)26(24,25)23-9-10(5-6-21)15-13(23)2-1-7-22-15/h1-4,7-9H,5-6,21H2. The van der Waals surface area contributed by atoms with Crippen molar-refractivity contribution in [2.45, 2.75) is 17.5 Å². The number of rotatable bonds is 4. The first-order valence-electron chi connectivity index (χ1n) is 7.43. The molecule has 0 unspecified atom stereocenters. The quantitative estimate of drug-likeness (QED) is 0.723. The average Bonchev–Trinajstić information content (AvgIpc) is 2.94. The summed E-state index contributed by atoms with van der Waals surface area (Å²) in [4.78, 5) is 3.75. The number of aromatic nitrogens is 2. The molecule has 0 atom stereocenters. The number of hydrogen-bond acceptors (Lipinski definition) is 4. The minimum Gasteiger partial charge on any atom is -0.330 e. The van der Waals surface area contributed by atoms with Gasteiger partial charge >= 0.3 is 6.18 Å². The summed E-state index contributed by atoms with van der Waals surface area (Å²) in [6.07, 6.45) is -1.33. The van der Waals surface area contributed by atoms with E-state index in [0.717, 1.165) is 10.0 Å². The molecule has 0 saturated carbocycles. The predicted molar refractivity (Wildman–Crippen MR) is 91.5 cm³/mol. The second-order valence-corrected chi connectivity index (χ2v) is 7.70. The number of fused-ring (bicyclic) bond motifs is 1. The molecule has 0 aliphatic carbocycles. The molecule has 5 nitrogen and oxygen atoms in total. The lowest BCUT2D eigenvalue weighted by molar-refractivity contribution is -0.137. The van der Waals surface area contributed by atoms with Crippen molar-refractivity contribution < 1.29 is 21.6 Å². The fourth-order valence-electron chi connectivity index (χ4n) is 2.62. The molecular formula is C16H13ClF3N3O2S. The van der Waals surface area contributed by atoms with E-state index < -0.39 is 31.7 Å². The molecule has 0 saturated heterocycles. The molecule has 3 aromatic rings. The second-order valence-electron chi connectivity index (χ2n) is 5.51. The third kappa shape index (κ3) is 3.17. The summed E-state index contributed by atoms with van der Waals surface area (Å²) in [5, 5.41) is -0.508. The molecule has 2 N–H and O–H groups in total. The predicted octanol–water partition coefficient (Wildman–Crippen LogP) is 3.45. The Balaban J connectivity index is 2.20. The fourth-order valence-corrected chi connectivity index (χ4v) is 4.53. The number of nitrogens with two attached hydrogens (primary N) is 1. The maximum atomic E-state index is 13.0. The molecule has 1 aromatic carbocycles. The van der Waals surface area contributed by atoms with E-state index in [9.17, 15) is 21.6 Å². The van der Waals surface area contributed by atoms with Gasteiger partial charge in [0, 0.05) is 12.4 Å². The highest BCUT2D eigenvalue weighted by atomic mass is 35.5. The highest BCUT2D eigenvalue weighted by Crippen LogP contribution is 2.35. The highest BCUT2D eigenvalue weighted by Gasteiger charge is 2.32. The molecule has 138 valence electrons. The topological polar surface area (TPSA) is 78.0 Å². The van der Waals surface area contributed by atoms with Crippen LogP contribution in [-0.2, 0) is 22.6 Å². The first-order valence-corrected chi connectivity index (χ1v) is 9.25. The summed E-state index contributed by atoms with van der Waals surface area (Å²) in [5.41, 5.74) is 5.91. The third-order valence-electron chi connectivity index (χ3n) is 3.81. The third-order valence-corrected chi connectivity index (χ3v) is 5.97. The molecule has 0 radical (unpaired) electrons. The van der Waals surface area contributed by atoms with Gasteiger partial charge in [0.05, 0.1) is 21.6 Å². The Bertz CT molecular complexity index is 1080. The summed E-state index contributed by atoms with van der Waals surface area (Å²) in [6, 6.07) is 5.25. The zero-order chi connectivity index (χ0) is 19.1. The lowest BCUT2D eigenvalue weighted by Crippen LogP contribution is -2.14. The number of benzene rings is 1. The minimum absolute atomic E-state index is 0.288. The minimum atomic E-state index is -4.62. The van der Waals surface area contributed by atoms with E-state index in [-0.39, 0.29) is 6.54 Å². The van der Waals surface area contributed by atoms with Crippen molar-refractivity contribution in [3.05, 3.63) is 58.9 Å². The second kappa shape index (κ2) is 6.57. The molecule has 0 fully saturated rings. The number of pyridine rings is 1. The van der Waals surface area contributed by atoms with Crippen molar-refractivity contribution >= 4 is 32.7 Å². The zero-order valence-corrected chi connectivity index (χ0v) is 14.7. The number of hydrogen-bond donors (Lipinski definition) is 1. The van der Waals surface area contributed by atoms with Gasteiger partial charge in [-0.05, 0) is 48.9 Å². The number of alkyl halides is 3. The maximum Gasteiger partial charge on any atom is 0.416 e. The van der Waals surface area contributed by atoms with Crippen LogP contribution in [0.5, 0.6) is 0 Å². The van der Waals surface area contributed by atoms with Gasteiger partial charge in [-0.2, -0.15) is 13.2 Å². The van der Waals surface area contributed by atoms with E-state index in [4.69, 9.17) is 17.3 Å². The monoisotopic (exact) mass is 403 g/mol. The van der Waals surface area contributed by atoms with E-state index in [0.29, 0.717) is 35.2 Å². The van der Waals surface area contributed by atoms with Crippen LogP contribution in [0.25, 0.3) is 11.0 Å². The van der Waals surface area contributed by atoms with Gasteiger partial charge in [-0.25, -0.2) is 12.4 Å². The van der Waals surface area contributed by atoms with E-state index >= 15 is 0 Å². The maximum absolute atomic E-state index is 13.0. The van der Waals surface area contributed by atoms with Crippen molar-refractivity contribution in [3.63, 3.8) is 0 Å². The number of nitrogens with zero attached hydrogens (tertiary/aromatic N) is 2. The van der Waals surface area contributed by atoms with Crippen LogP contribution < -0.4 is 5.73 Å². The van der Waals surface area contributed by atoms with Crippen LogP contribution in [-0.4, -0.2) is 23.9 Å². The van der Waals surface area contributed by atoms with Crippen LogP contribution in [0.1, 0.15) is 11.1 Å². The van der Waals surface area contributed by atoms with Crippen molar-refractivity contribution in [1.82, 2.24) is 8.96 Å². The van der Waals surface area contributed by atoms with Crippen LogP contribution in [0.3, 0.4) is 0 Å². The summed E-state index contributed by atoms with van der Waals surface area (Å²) in [5.74, 6) is 0. The Labute approximate surface area is 152 Å². The summed E-state index contributed by atoms with van der Waals surface area (Å²) in [6.45, 7) is 0.288. The first kappa shape index (κ1) is 18.7. The van der Waals surface area contributed by atoms with Crippen LogP contribution in [0.15, 0.2) is 47.6 Å². The summed E-state index contributed by atoms with van der Waals surface area (Å²) >= 11 is 5.86. The van der Waals surface area contributed by atoms with Crippen LogP contribution >= 0.6 is 11.6 Å². The average molecular weight is 404 g/mol. The Kier molecular flexibility index (Phi) is 4.72. The number of halogens is 4. The van der Waals surface area contributed by atoms with Crippen LogP contribution in [0.4, 0.5) is 13.2 Å². The summed E-state index contributed by atoms with van der Waals surface area (Å²) < 4.78 is 65.3. The summed E-state index contributed by atoms with van der Waals surface area (Å²) in [7, 11) is -4.22. The van der Waals surface area contributed by atoms with Gasteiger partial charge in [-0.15, -0.1) is 0 Å². The Hall–Kier alpha value is -2.10. The van der Waals surface area contributed by atoms with Gasteiger partial charge in [0.25, 0.3) is 10.0 Å². The molecule has 10 heteroatoms. The van der Waals surface area contributed by atoms with E-state index in [1.54, 1.807) is 12.1 Å².